The normalized spacial score (nSPS) is 9.20. The smallest absolute Gasteiger partial charge is 0.172 e. The van der Waals surface area contributed by atoms with E-state index in [2.05, 4.69) is 39.4 Å². The van der Waals surface area contributed by atoms with Gasteiger partial charge in [0.1, 0.15) is 11.6 Å². The quantitative estimate of drug-likeness (QED) is 0.474. The van der Waals surface area contributed by atoms with Gasteiger partial charge in [-0.25, -0.2) is 4.98 Å². The summed E-state index contributed by atoms with van der Waals surface area (Å²) in [5, 5.41) is 12.8. The van der Waals surface area contributed by atoms with Gasteiger partial charge < -0.3 is 21.3 Å². The molecule has 1 rings (SSSR count). The van der Waals surface area contributed by atoms with Gasteiger partial charge in [0.2, 0.25) is 0 Å². The zero-order valence-electron chi connectivity index (χ0n) is 11.0. The Bertz CT molecular complexity index is 460. The van der Waals surface area contributed by atoms with Crippen molar-refractivity contribution in [3.05, 3.63) is 43.5 Å². The van der Waals surface area contributed by atoms with Crippen molar-refractivity contribution in [3.63, 3.8) is 0 Å². The van der Waals surface area contributed by atoms with Crippen LogP contribution in [0.25, 0.3) is 0 Å². The molecule has 4 N–H and O–H groups in total. The number of hydrogen-bond acceptors (Lipinski definition) is 3. The van der Waals surface area contributed by atoms with Crippen LogP contribution in [-0.4, -0.2) is 28.3 Å². The van der Waals surface area contributed by atoms with E-state index in [-0.39, 0.29) is 0 Å². The van der Waals surface area contributed by atoms with Gasteiger partial charge in [-0.05, 0) is 36.6 Å². The van der Waals surface area contributed by atoms with Crippen molar-refractivity contribution in [2.45, 2.75) is 0 Å². The minimum atomic E-state index is 0.488. The van der Waals surface area contributed by atoms with E-state index in [9.17, 15) is 0 Å². The van der Waals surface area contributed by atoms with Crippen molar-refractivity contribution in [2.24, 2.45) is 0 Å². The zero-order valence-corrected chi connectivity index (χ0v) is 12.6. The Morgan fingerprint density at radius 3 is 1.85 bits per heavy atom. The summed E-state index contributed by atoms with van der Waals surface area (Å²) in [4.78, 5) is 4.34. The molecule has 0 saturated heterocycles. The average molecular weight is 307 g/mol. The lowest BCUT2D eigenvalue weighted by molar-refractivity contribution is 1.05. The predicted molar refractivity (Wildman–Crippen MR) is 93.1 cm³/mol. The first-order valence-electron chi connectivity index (χ1n) is 5.94. The number of rotatable bonds is 6. The minimum Gasteiger partial charge on any atom is -0.359 e. The van der Waals surface area contributed by atoms with E-state index in [1.54, 1.807) is 12.2 Å². The maximum Gasteiger partial charge on any atom is 0.172 e. The maximum absolute atomic E-state index is 5.11. The molecule has 0 aromatic carbocycles. The molecule has 0 fully saturated rings. The fourth-order valence-corrected chi connectivity index (χ4v) is 1.60. The molecule has 0 aliphatic carbocycles. The summed E-state index contributed by atoms with van der Waals surface area (Å²) < 4.78 is 0. The molecule has 1 heterocycles. The van der Waals surface area contributed by atoms with E-state index >= 15 is 0 Å². The van der Waals surface area contributed by atoms with Gasteiger partial charge >= 0.3 is 0 Å². The molecule has 0 atom stereocenters. The van der Waals surface area contributed by atoms with Gasteiger partial charge in [-0.15, -0.1) is 13.2 Å². The summed E-state index contributed by atoms with van der Waals surface area (Å²) >= 11 is 10.2. The van der Waals surface area contributed by atoms with Crippen molar-refractivity contribution in [1.29, 1.82) is 0 Å². The third-order valence-electron chi connectivity index (χ3n) is 2.05. The van der Waals surface area contributed by atoms with Crippen molar-refractivity contribution < 1.29 is 0 Å². The van der Waals surface area contributed by atoms with Crippen LogP contribution < -0.4 is 21.3 Å². The fourth-order valence-electron chi connectivity index (χ4n) is 1.22. The van der Waals surface area contributed by atoms with Crippen molar-refractivity contribution in [3.8, 4) is 0 Å². The summed E-state index contributed by atoms with van der Waals surface area (Å²) in [6, 6.07) is 5.48. The topological polar surface area (TPSA) is 61.0 Å². The van der Waals surface area contributed by atoms with Crippen molar-refractivity contribution in [1.82, 2.24) is 15.6 Å². The molecule has 1 aromatic heterocycles. The molecule has 0 unspecified atom stereocenters. The molecule has 20 heavy (non-hydrogen) atoms. The van der Waals surface area contributed by atoms with Crippen LogP contribution in [0.5, 0.6) is 0 Å². The Labute approximate surface area is 129 Å². The van der Waals surface area contributed by atoms with Crippen LogP contribution in [0.15, 0.2) is 43.5 Å². The van der Waals surface area contributed by atoms with Crippen LogP contribution in [0.4, 0.5) is 11.6 Å². The summed E-state index contributed by atoms with van der Waals surface area (Å²) in [6.45, 7) is 8.41. The van der Waals surface area contributed by atoms with E-state index in [0.717, 1.165) is 0 Å². The van der Waals surface area contributed by atoms with Crippen molar-refractivity contribution in [2.75, 3.05) is 23.7 Å². The highest BCUT2D eigenvalue weighted by Gasteiger charge is 2.01. The van der Waals surface area contributed by atoms with Crippen LogP contribution in [-0.2, 0) is 0 Å². The highest BCUT2D eigenvalue weighted by Crippen LogP contribution is 2.08. The fraction of sp³-hybridized carbons (Fsp3) is 0.154. The SMILES string of the molecule is C=CCNC(=S)Nc1cccc(NC(=S)NCC=C)n1. The third-order valence-corrected chi connectivity index (χ3v) is 2.54. The largest absolute Gasteiger partial charge is 0.359 e. The lowest BCUT2D eigenvalue weighted by Gasteiger charge is -2.11. The number of thiocarbonyl (C=S) groups is 2. The molecule has 0 aliphatic rings. The van der Waals surface area contributed by atoms with E-state index < -0.39 is 0 Å². The second-order valence-electron chi connectivity index (χ2n) is 3.66. The zero-order chi connectivity index (χ0) is 14.8. The van der Waals surface area contributed by atoms with Gasteiger partial charge in [0.05, 0.1) is 0 Å². The van der Waals surface area contributed by atoms with Gasteiger partial charge in [-0.3, -0.25) is 0 Å². The molecule has 7 heteroatoms. The van der Waals surface area contributed by atoms with Gasteiger partial charge in [0.25, 0.3) is 0 Å². The lowest BCUT2D eigenvalue weighted by atomic mass is 10.4. The summed E-state index contributed by atoms with van der Waals surface area (Å²) in [5.74, 6) is 1.26. The molecule has 0 saturated carbocycles. The first kappa shape index (κ1) is 16.1. The molecule has 0 bridgehead atoms. The molecule has 5 nitrogen and oxygen atoms in total. The van der Waals surface area contributed by atoms with Crippen LogP contribution in [0.1, 0.15) is 0 Å². The van der Waals surface area contributed by atoms with Crippen LogP contribution in [0.3, 0.4) is 0 Å². The Morgan fingerprint density at radius 2 is 1.45 bits per heavy atom. The molecule has 0 radical (unpaired) electrons. The minimum absolute atomic E-state index is 0.488. The third kappa shape index (κ3) is 6.26. The van der Waals surface area contributed by atoms with Gasteiger partial charge in [-0.2, -0.15) is 0 Å². The summed E-state index contributed by atoms with van der Waals surface area (Å²) in [7, 11) is 0. The second-order valence-corrected chi connectivity index (χ2v) is 4.47. The summed E-state index contributed by atoms with van der Waals surface area (Å²) in [5.41, 5.74) is 0. The number of nitrogens with zero attached hydrogens (tertiary/aromatic N) is 1. The highest BCUT2D eigenvalue weighted by molar-refractivity contribution is 7.80. The Morgan fingerprint density at radius 1 is 1.00 bits per heavy atom. The predicted octanol–water partition coefficient (Wildman–Crippen LogP) is 2.03. The standard InChI is InChI=1S/C13H17N5S2/c1-3-8-14-12(19)17-10-6-5-7-11(16-10)18-13(20)15-9-4-2/h3-7H,1-2,8-9H2,(H4,14,15,16,17,18,19,20). The molecule has 0 amide bonds. The summed E-state index contributed by atoms with van der Waals surface area (Å²) in [6.07, 6.45) is 3.45. The molecule has 0 spiro atoms. The van der Waals surface area contributed by atoms with E-state index in [1.807, 2.05) is 18.2 Å². The number of anilines is 2. The number of pyridine rings is 1. The van der Waals surface area contributed by atoms with Crippen LogP contribution >= 0.6 is 24.4 Å². The number of aromatic nitrogens is 1. The molecule has 0 aliphatic heterocycles. The van der Waals surface area contributed by atoms with Gasteiger partial charge in [-0.1, -0.05) is 18.2 Å². The van der Waals surface area contributed by atoms with E-state index in [0.29, 0.717) is 35.0 Å². The van der Waals surface area contributed by atoms with Crippen LogP contribution in [0.2, 0.25) is 0 Å². The lowest BCUT2D eigenvalue weighted by Crippen LogP contribution is -2.30. The number of hydrogen-bond donors (Lipinski definition) is 4. The molecule has 1 aromatic rings. The van der Waals surface area contributed by atoms with Gasteiger partial charge in [0.15, 0.2) is 10.2 Å². The van der Waals surface area contributed by atoms with E-state index in [4.69, 9.17) is 24.4 Å². The molecular formula is C13H17N5S2. The first-order valence-corrected chi connectivity index (χ1v) is 6.76. The Kier molecular flexibility index (Phi) is 7.23. The Hall–Kier alpha value is -1.99. The highest BCUT2D eigenvalue weighted by atomic mass is 32.1. The first-order chi connectivity index (χ1) is 9.65. The maximum atomic E-state index is 5.11. The van der Waals surface area contributed by atoms with Gasteiger partial charge in [0, 0.05) is 13.1 Å². The second kappa shape index (κ2) is 9.00. The molecule has 106 valence electrons. The Balaban J connectivity index is 2.56. The molecular weight excluding hydrogens is 290 g/mol. The van der Waals surface area contributed by atoms with Crippen LogP contribution in [0, 0.1) is 0 Å². The number of nitrogens with one attached hydrogen (secondary N) is 4. The average Bonchev–Trinajstić information content (AvgIpc) is 2.43. The monoisotopic (exact) mass is 307 g/mol. The van der Waals surface area contributed by atoms with Crippen molar-refractivity contribution >= 4 is 46.3 Å². The van der Waals surface area contributed by atoms with E-state index in [1.165, 1.54) is 0 Å².